The Morgan fingerprint density at radius 1 is 1.11 bits per heavy atom. The molecule has 18 heavy (non-hydrogen) atoms. The Morgan fingerprint density at radius 2 is 1.61 bits per heavy atom. The maximum atomic E-state index is 4.27. The van der Waals surface area contributed by atoms with Crippen LogP contribution in [0.15, 0.2) is 12.3 Å². The summed E-state index contributed by atoms with van der Waals surface area (Å²) in [5, 5.41) is 0. The van der Waals surface area contributed by atoms with Gasteiger partial charge in [-0.3, -0.25) is 0 Å². The molecule has 0 aliphatic heterocycles. The second-order valence-corrected chi connectivity index (χ2v) is 7.30. The van der Waals surface area contributed by atoms with Crippen molar-refractivity contribution in [1.29, 1.82) is 0 Å². The Bertz CT molecular complexity index is 250. The van der Waals surface area contributed by atoms with Crippen LogP contribution in [0.25, 0.3) is 0 Å². The Kier molecular flexibility index (Phi) is 7.02. The van der Waals surface area contributed by atoms with Crippen LogP contribution in [0.3, 0.4) is 0 Å². The van der Waals surface area contributed by atoms with Gasteiger partial charge in [-0.05, 0) is 50.9 Å². The summed E-state index contributed by atoms with van der Waals surface area (Å²) >= 11 is 0. The maximum absolute atomic E-state index is 4.27. The van der Waals surface area contributed by atoms with E-state index in [0.29, 0.717) is 0 Å². The second-order valence-electron chi connectivity index (χ2n) is 7.30. The molecule has 1 atom stereocenters. The molecule has 0 aliphatic rings. The molecule has 0 N–H and O–H groups in total. The molecule has 1 nitrogen and oxygen atoms in total. The molecule has 0 heterocycles. The highest BCUT2D eigenvalue weighted by atomic mass is 15.2. The van der Waals surface area contributed by atoms with Crippen molar-refractivity contribution in [3.05, 3.63) is 12.3 Å². The minimum absolute atomic E-state index is 0.206. The molecule has 0 aromatic rings. The van der Waals surface area contributed by atoms with E-state index in [2.05, 4.69) is 67.0 Å². The fourth-order valence-electron chi connectivity index (χ4n) is 2.21. The molecule has 1 unspecified atom stereocenters. The summed E-state index contributed by atoms with van der Waals surface area (Å²) in [5.74, 6) is 2.26. The lowest BCUT2D eigenvalue weighted by atomic mass is 9.84. The third-order valence-electron chi connectivity index (χ3n) is 4.35. The van der Waals surface area contributed by atoms with Crippen LogP contribution in [0.4, 0.5) is 0 Å². The Hall–Kier alpha value is -0.460. The van der Waals surface area contributed by atoms with Crippen LogP contribution >= 0.6 is 0 Å². The van der Waals surface area contributed by atoms with Crippen LogP contribution < -0.4 is 0 Å². The van der Waals surface area contributed by atoms with Crippen molar-refractivity contribution < 1.29 is 0 Å². The quantitative estimate of drug-likeness (QED) is 0.565. The Morgan fingerprint density at radius 3 is 2.00 bits per heavy atom. The van der Waals surface area contributed by atoms with E-state index in [0.717, 1.165) is 24.2 Å². The predicted octanol–water partition coefficient (Wildman–Crippen LogP) is 5.33. The van der Waals surface area contributed by atoms with Gasteiger partial charge in [0.15, 0.2) is 0 Å². The molecule has 0 radical (unpaired) electrons. The van der Waals surface area contributed by atoms with Crippen molar-refractivity contribution in [2.75, 3.05) is 7.05 Å². The van der Waals surface area contributed by atoms with E-state index in [4.69, 9.17) is 0 Å². The Labute approximate surface area is 116 Å². The zero-order chi connectivity index (χ0) is 14.5. The molecule has 0 spiro atoms. The molecular weight excluding hydrogens is 218 g/mol. The van der Waals surface area contributed by atoms with Crippen LogP contribution in [-0.4, -0.2) is 17.5 Å². The molecule has 0 fully saturated rings. The van der Waals surface area contributed by atoms with Crippen LogP contribution in [0, 0.1) is 17.8 Å². The first-order chi connectivity index (χ1) is 8.08. The largest absolute Gasteiger partial charge is 0.373 e. The first-order valence-electron chi connectivity index (χ1n) is 7.49. The highest BCUT2D eigenvalue weighted by molar-refractivity contribution is 4.99. The molecule has 108 valence electrons. The molecular formula is C17H35N. The average Bonchev–Trinajstić information content (AvgIpc) is 2.23. The highest BCUT2D eigenvalue weighted by Gasteiger charge is 2.27. The van der Waals surface area contributed by atoms with Crippen LogP contribution in [0.5, 0.6) is 0 Å². The molecule has 0 saturated carbocycles. The van der Waals surface area contributed by atoms with Gasteiger partial charge in [0.05, 0.1) is 0 Å². The smallest absolute Gasteiger partial charge is 0.0342 e. The summed E-state index contributed by atoms with van der Waals surface area (Å²) < 4.78 is 0. The van der Waals surface area contributed by atoms with Crippen molar-refractivity contribution in [2.45, 2.75) is 73.3 Å². The van der Waals surface area contributed by atoms with Gasteiger partial charge >= 0.3 is 0 Å². The van der Waals surface area contributed by atoms with Crippen LogP contribution in [0.2, 0.25) is 0 Å². The monoisotopic (exact) mass is 253 g/mol. The minimum Gasteiger partial charge on any atom is -0.373 e. The summed E-state index contributed by atoms with van der Waals surface area (Å²) in [6.07, 6.45) is 3.58. The predicted molar refractivity (Wildman–Crippen MR) is 83.7 cm³/mol. The van der Waals surface area contributed by atoms with E-state index in [-0.39, 0.29) is 5.54 Å². The number of rotatable bonds is 8. The van der Waals surface area contributed by atoms with Crippen molar-refractivity contribution in [2.24, 2.45) is 17.8 Å². The van der Waals surface area contributed by atoms with Crippen molar-refractivity contribution in [1.82, 2.24) is 4.90 Å². The third kappa shape index (κ3) is 5.93. The first kappa shape index (κ1) is 17.5. The molecule has 0 saturated heterocycles. The van der Waals surface area contributed by atoms with Gasteiger partial charge in [0, 0.05) is 18.3 Å². The van der Waals surface area contributed by atoms with Gasteiger partial charge in [-0.25, -0.2) is 0 Å². The van der Waals surface area contributed by atoms with Gasteiger partial charge in [0.2, 0.25) is 0 Å². The average molecular weight is 253 g/mol. The van der Waals surface area contributed by atoms with Crippen LogP contribution in [0.1, 0.15) is 67.7 Å². The van der Waals surface area contributed by atoms with E-state index in [9.17, 15) is 0 Å². The van der Waals surface area contributed by atoms with E-state index < -0.39 is 0 Å². The maximum Gasteiger partial charge on any atom is 0.0342 e. The minimum atomic E-state index is 0.206. The van der Waals surface area contributed by atoms with E-state index >= 15 is 0 Å². The first-order valence-corrected chi connectivity index (χ1v) is 7.49. The third-order valence-corrected chi connectivity index (χ3v) is 4.35. The lowest BCUT2D eigenvalue weighted by Gasteiger charge is -2.41. The molecule has 1 heteroatoms. The van der Waals surface area contributed by atoms with Gasteiger partial charge in [0.1, 0.15) is 0 Å². The van der Waals surface area contributed by atoms with E-state index in [1.54, 1.807) is 0 Å². The van der Waals surface area contributed by atoms with E-state index in [1.165, 1.54) is 18.5 Å². The van der Waals surface area contributed by atoms with Crippen molar-refractivity contribution in [3.8, 4) is 0 Å². The van der Waals surface area contributed by atoms with Gasteiger partial charge in [-0.15, -0.1) is 0 Å². The summed E-state index contributed by atoms with van der Waals surface area (Å²) in [7, 11) is 2.20. The van der Waals surface area contributed by atoms with Gasteiger partial charge in [0.25, 0.3) is 0 Å². The molecule has 0 aromatic carbocycles. The summed E-state index contributed by atoms with van der Waals surface area (Å²) in [5.41, 5.74) is 1.49. The zero-order valence-corrected chi connectivity index (χ0v) is 14.0. The van der Waals surface area contributed by atoms with E-state index in [1.807, 2.05) is 0 Å². The normalized spacial score (nSPS) is 14.1. The lowest BCUT2D eigenvalue weighted by Crippen LogP contribution is -2.42. The van der Waals surface area contributed by atoms with Gasteiger partial charge in [-0.1, -0.05) is 41.2 Å². The topological polar surface area (TPSA) is 3.24 Å². The molecule has 0 aliphatic carbocycles. The second kappa shape index (κ2) is 7.21. The number of hydrogen-bond acceptors (Lipinski definition) is 1. The molecule has 0 aromatic heterocycles. The fourth-order valence-corrected chi connectivity index (χ4v) is 2.21. The zero-order valence-electron chi connectivity index (χ0n) is 14.0. The standard InChI is InChI=1S/C17H35N/c1-13(2)10-11-16(6)18(9)17(7,8)12-15(5)14(3)4/h13-15H,6,10-12H2,1-5,7-9H3. The number of nitrogens with zero attached hydrogens (tertiary/aromatic N) is 1. The summed E-state index contributed by atoms with van der Waals surface area (Å²) in [6, 6.07) is 0. The highest BCUT2D eigenvalue weighted by Crippen LogP contribution is 2.30. The number of hydrogen-bond donors (Lipinski definition) is 0. The fraction of sp³-hybridized carbons (Fsp3) is 0.882. The van der Waals surface area contributed by atoms with Gasteiger partial charge < -0.3 is 4.90 Å². The summed E-state index contributed by atoms with van der Waals surface area (Å²) in [6.45, 7) is 20.5. The summed E-state index contributed by atoms with van der Waals surface area (Å²) in [4.78, 5) is 2.40. The molecule has 0 bridgehead atoms. The lowest BCUT2D eigenvalue weighted by molar-refractivity contribution is 0.147. The van der Waals surface area contributed by atoms with Crippen molar-refractivity contribution in [3.63, 3.8) is 0 Å². The molecule has 0 amide bonds. The molecule has 0 rings (SSSR count). The SMILES string of the molecule is C=C(CCC(C)C)N(C)C(C)(C)CC(C)C(C)C. The van der Waals surface area contributed by atoms with Gasteiger partial charge in [-0.2, -0.15) is 0 Å². The van der Waals surface area contributed by atoms with Crippen molar-refractivity contribution >= 4 is 0 Å². The Balaban J connectivity index is 4.44. The van der Waals surface area contributed by atoms with Crippen LogP contribution in [-0.2, 0) is 0 Å². The number of allylic oxidation sites excluding steroid dienone is 1.